The van der Waals surface area contributed by atoms with Gasteiger partial charge in [-0.05, 0) is 50.2 Å². The highest BCUT2D eigenvalue weighted by Crippen LogP contribution is 2.16. The summed E-state index contributed by atoms with van der Waals surface area (Å²) in [6.07, 6.45) is -1.49. The van der Waals surface area contributed by atoms with Crippen LogP contribution in [0.5, 0.6) is 11.5 Å². The Kier molecular flexibility index (Phi) is 7.82. The lowest BCUT2D eigenvalue weighted by Gasteiger charge is -2.07. The topological polar surface area (TPSA) is 58.9 Å². The van der Waals surface area contributed by atoms with Crippen LogP contribution in [-0.2, 0) is 0 Å². The van der Waals surface area contributed by atoms with Gasteiger partial charge < -0.3 is 19.7 Å². The fraction of sp³-hybridized carbons (Fsp3) is 0.250. The Morgan fingerprint density at radius 2 is 1.19 bits per heavy atom. The molecule has 0 radical (unpaired) electrons. The molecule has 0 fully saturated rings. The van der Waals surface area contributed by atoms with Crippen molar-refractivity contribution in [3.05, 3.63) is 59.1 Å². The molecular weight excluding hydrogens is 336 g/mol. The number of hydrogen-bond acceptors (Lipinski definition) is 4. The van der Waals surface area contributed by atoms with Gasteiger partial charge in [0.1, 0.15) is 11.5 Å². The molecule has 0 saturated heterocycles. The second-order valence-corrected chi connectivity index (χ2v) is 5.12. The highest BCUT2D eigenvalue weighted by atomic mass is 79.9. The number of rotatable bonds is 4. The molecule has 114 valence electrons. The van der Waals surface area contributed by atoms with Crippen LogP contribution in [-0.4, -0.2) is 22.8 Å². The van der Waals surface area contributed by atoms with Crippen molar-refractivity contribution in [2.24, 2.45) is 0 Å². The quantitative estimate of drug-likeness (QED) is 0.824. The molecule has 0 heterocycles. The largest absolute Gasteiger partial charge is 0.465 e. The first-order valence-corrected chi connectivity index (χ1v) is 7.26. The average Bonchev–Trinajstić information content (AvgIpc) is 2.42. The van der Waals surface area contributed by atoms with E-state index in [0.29, 0.717) is 11.5 Å². The maximum Gasteiger partial charge on any atom is 0.194 e. The zero-order valence-electron chi connectivity index (χ0n) is 11.9. The first-order valence-electron chi connectivity index (χ1n) is 6.47. The van der Waals surface area contributed by atoms with E-state index >= 15 is 0 Å². The summed E-state index contributed by atoms with van der Waals surface area (Å²) in [5.74, 6) is 1.36. The second kappa shape index (κ2) is 9.39. The fourth-order valence-electron chi connectivity index (χ4n) is 1.41. The molecule has 2 unspecified atom stereocenters. The Labute approximate surface area is 133 Å². The van der Waals surface area contributed by atoms with Gasteiger partial charge >= 0.3 is 0 Å². The summed E-state index contributed by atoms with van der Waals surface area (Å²) in [7, 11) is 0. The van der Waals surface area contributed by atoms with E-state index in [0.717, 1.165) is 4.47 Å². The molecule has 0 saturated carbocycles. The molecule has 2 aromatic rings. The molecule has 2 rings (SSSR count). The van der Waals surface area contributed by atoms with Gasteiger partial charge in [-0.2, -0.15) is 0 Å². The van der Waals surface area contributed by atoms with Gasteiger partial charge in [0.15, 0.2) is 12.6 Å². The Bertz CT molecular complexity index is 497. The van der Waals surface area contributed by atoms with Gasteiger partial charge in [-0.25, -0.2) is 0 Å². The van der Waals surface area contributed by atoms with Crippen LogP contribution in [0, 0.1) is 0 Å². The molecular formula is C16H19BrO4. The fourth-order valence-corrected chi connectivity index (χ4v) is 1.67. The van der Waals surface area contributed by atoms with Crippen molar-refractivity contribution in [1.29, 1.82) is 0 Å². The number of hydrogen-bond donors (Lipinski definition) is 2. The van der Waals surface area contributed by atoms with E-state index in [1.165, 1.54) is 0 Å². The predicted molar refractivity (Wildman–Crippen MR) is 85.2 cm³/mol. The van der Waals surface area contributed by atoms with Crippen LogP contribution in [0.25, 0.3) is 0 Å². The van der Waals surface area contributed by atoms with Crippen molar-refractivity contribution in [1.82, 2.24) is 0 Å². The van der Waals surface area contributed by atoms with Gasteiger partial charge in [-0.3, -0.25) is 0 Å². The number of halogens is 1. The van der Waals surface area contributed by atoms with Crippen LogP contribution in [0.4, 0.5) is 0 Å². The van der Waals surface area contributed by atoms with E-state index < -0.39 is 12.6 Å². The van der Waals surface area contributed by atoms with Crippen LogP contribution in [0.1, 0.15) is 13.8 Å². The first-order chi connectivity index (χ1) is 9.97. The lowest BCUT2D eigenvalue weighted by Crippen LogP contribution is -2.09. The molecule has 0 aliphatic rings. The smallest absolute Gasteiger partial charge is 0.194 e. The van der Waals surface area contributed by atoms with Gasteiger partial charge in [0.2, 0.25) is 0 Å². The van der Waals surface area contributed by atoms with Crippen molar-refractivity contribution < 1.29 is 19.7 Å². The van der Waals surface area contributed by atoms with Crippen LogP contribution in [0.15, 0.2) is 59.1 Å². The molecule has 0 aliphatic heterocycles. The molecule has 21 heavy (non-hydrogen) atoms. The summed E-state index contributed by atoms with van der Waals surface area (Å²) >= 11 is 3.29. The zero-order chi connectivity index (χ0) is 15.7. The van der Waals surface area contributed by atoms with Crippen LogP contribution in [0.3, 0.4) is 0 Å². The van der Waals surface area contributed by atoms with Crippen molar-refractivity contribution in [3.63, 3.8) is 0 Å². The van der Waals surface area contributed by atoms with Gasteiger partial charge in [0.05, 0.1) is 0 Å². The number of ether oxygens (including phenoxy) is 2. The maximum atomic E-state index is 8.84. The van der Waals surface area contributed by atoms with Crippen molar-refractivity contribution in [2.45, 2.75) is 26.4 Å². The van der Waals surface area contributed by atoms with Crippen LogP contribution < -0.4 is 9.47 Å². The minimum atomic E-state index is -0.754. The summed E-state index contributed by atoms with van der Waals surface area (Å²) in [5, 5.41) is 17.6. The highest BCUT2D eigenvalue weighted by molar-refractivity contribution is 9.10. The molecule has 0 bridgehead atoms. The van der Waals surface area contributed by atoms with Crippen LogP contribution in [0.2, 0.25) is 0 Å². The predicted octanol–water partition coefficient (Wildman–Crippen LogP) is 3.57. The summed E-state index contributed by atoms with van der Waals surface area (Å²) in [6, 6.07) is 16.5. The van der Waals surface area contributed by atoms with E-state index in [9.17, 15) is 0 Å². The minimum absolute atomic E-state index is 0.670. The number of aliphatic hydroxyl groups is 2. The molecule has 0 aliphatic carbocycles. The normalized spacial score (nSPS) is 12.6. The lowest BCUT2D eigenvalue weighted by atomic mass is 10.3. The van der Waals surface area contributed by atoms with Gasteiger partial charge in [0, 0.05) is 4.47 Å². The molecule has 2 N–H and O–H groups in total. The van der Waals surface area contributed by atoms with Crippen molar-refractivity contribution in [3.8, 4) is 11.5 Å². The maximum absolute atomic E-state index is 8.84. The second-order valence-electron chi connectivity index (χ2n) is 4.20. The standard InChI is InChI=1S/C8H9BrO2.C8H10O2/c1-6(10)11-8-4-2-7(9)3-5-8;1-7(9)10-8-5-3-2-4-6-8/h2-6,10H,1H3;2-7,9H,1H3. The van der Waals surface area contributed by atoms with Gasteiger partial charge in [-0.15, -0.1) is 0 Å². The molecule has 2 aromatic carbocycles. The third kappa shape index (κ3) is 8.34. The third-order valence-electron chi connectivity index (χ3n) is 2.17. The summed E-state index contributed by atoms with van der Waals surface area (Å²) in [5.41, 5.74) is 0. The Morgan fingerprint density at radius 1 is 0.762 bits per heavy atom. The van der Waals surface area contributed by atoms with Gasteiger partial charge in [0.25, 0.3) is 0 Å². The molecule has 5 heteroatoms. The highest BCUT2D eigenvalue weighted by Gasteiger charge is 1.96. The summed E-state index contributed by atoms with van der Waals surface area (Å²) in [4.78, 5) is 0. The van der Waals surface area contributed by atoms with Crippen molar-refractivity contribution in [2.75, 3.05) is 0 Å². The molecule has 4 nitrogen and oxygen atoms in total. The Morgan fingerprint density at radius 3 is 1.62 bits per heavy atom. The van der Waals surface area contributed by atoms with E-state index in [1.54, 1.807) is 38.1 Å². The summed E-state index contributed by atoms with van der Waals surface area (Å²) < 4.78 is 11.0. The van der Waals surface area contributed by atoms with E-state index in [2.05, 4.69) is 15.9 Å². The number of aliphatic hydroxyl groups excluding tert-OH is 2. The van der Waals surface area contributed by atoms with E-state index in [1.807, 2.05) is 30.3 Å². The Hall–Kier alpha value is -1.56. The molecule has 0 spiro atoms. The Balaban J connectivity index is 0.000000211. The molecule has 2 atom stereocenters. The van der Waals surface area contributed by atoms with E-state index in [-0.39, 0.29) is 0 Å². The SMILES string of the molecule is CC(O)Oc1ccc(Br)cc1.CC(O)Oc1ccccc1. The lowest BCUT2D eigenvalue weighted by molar-refractivity contribution is -0.000883. The van der Waals surface area contributed by atoms with Gasteiger partial charge in [-0.1, -0.05) is 34.1 Å². The zero-order valence-corrected chi connectivity index (χ0v) is 13.5. The van der Waals surface area contributed by atoms with E-state index in [4.69, 9.17) is 19.7 Å². The average molecular weight is 355 g/mol. The van der Waals surface area contributed by atoms with Crippen molar-refractivity contribution >= 4 is 15.9 Å². The number of benzene rings is 2. The minimum Gasteiger partial charge on any atom is -0.465 e. The first kappa shape index (κ1) is 17.5. The summed E-state index contributed by atoms with van der Waals surface area (Å²) in [6.45, 7) is 3.15. The molecule has 0 aromatic heterocycles. The van der Waals surface area contributed by atoms with Crippen LogP contribution >= 0.6 is 15.9 Å². The molecule has 0 amide bonds. The monoisotopic (exact) mass is 354 g/mol. The number of para-hydroxylation sites is 1. The third-order valence-corrected chi connectivity index (χ3v) is 2.70.